The Labute approximate surface area is 187 Å². The SMILES string of the molecule is COc1ccc(-c2sc(-c3ccc(C#N)cc3)cc2C2=C(F)C(F)(F)C(F)(F)C2(F)F)cc1. The molecular weight excluding hydrogens is 471 g/mol. The molecule has 0 aliphatic heterocycles. The van der Waals surface area contributed by atoms with Gasteiger partial charge in [0.1, 0.15) is 5.75 Å². The highest BCUT2D eigenvalue weighted by atomic mass is 32.1. The molecule has 170 valence electrons. The molecule has 0 bridgehead atoms. The van der Waals surface area contributed by atoms with Gasteiger partial charge < -0.3 is 4.74 Å². The van der Waals surface area contributed by atoms with Crippen LogP contribution in [0.15, 0.2) is 60.4 Å². The molecule has 33 heavy (non-hydrogen) atoms. The summed E-state index contributed by atoms with van der Waals surface area (Å²) in [7, 11) is 1.39. The Kier molecular flexibility index (Phi) is 5.28. The normalized spacial score (nSPS) is 18.3. The van der Waals surface area contributed by atoms with Gasteiger partial charge in [-0.1, -0.05) is 12.1 Å². The maximum Gasteiger partial charge on any atom is 0.383 e. The van der Waals surface area contributed by atoms with Crippen LogP contribution in [0.2, 0.25) is 0 Å². The van der Waals surface area contributed by atoms with Crippen LogP contribution >= 0.6 is 11.3 Å². The average Bonchev–Trinajstić information content (AvgIpc) is 3.26. The van der Waals surface area contributed by atoms with Gasteiger partial charge in [0.05, 0.1) is 24.3 Å². The Morgan fingerprint density at radius 2 is 1.42 bits per heavy atom. The lowest BCUT2D eigenvalue weighted by Crippen LogP contribution is -2.48. The van der Waals surface area contributed by atoms with Crippen LogP contribution in [0.25, 0.3) is 26.5 Å². The number of halogens is 7. The molecule has 0 saturated heterocycles. The molecule has 0 fully saturated rings. The lowest BCUT2D eigenvalue weighted by molar-refractivity contribution is -0.263. The first kappa shape index (κ1) is 22.9. The van der Waals surface area contributed by atoms with E-state index in [4.69, 9.17) is 10.00 Å². The molecule has 2 aromatic carbocycles. The van der Waals surface area contributed by atoms with E-state index in [1.54, 1.807) is 0 Å². The zero-order chi connectivity index (χ0) is 24.2. The predicted octanol–water partition coefficient (Wildman–Crippen LogP) is 7.56. The smallest absolute Gasteiger partial charge is 0.383 e. The first-order valence-electron chi connectivity index (χ1n) is 9.29. The Morgan fingerprint density at radius 3 is 1.91 bits per heavy atom. The molecule has 1 aliphatic rings. The zero-order valence-electron chi connectivity index (χ0n) is 16.6. The fraction of sp³-hybridized carbons (Fsp3) is 0.174. The number of ether oxygens (including phenoxy) is 1. The highest BCUT2D eigenvalue weighted by molar-refractivity contribution is 7.19. The molecule has 0 N–H and O–H groups in total. The molecule has 10 heteroatoms. The van der Waals surface area contributed by atoms with Crippen molar-refractivity contribution in [2.75, 3.05) is 7.11 Å². The van der Waals surface area contributed by atoms with Gasteiger partial charge in [-0.2, -0.15) is 31.6 Å². The van der Waals surface area contributed by atoms with E-state index >= 15 is 0 Å². The number of nitrogens with zero attached hydrogens (tertiary/aromatic N) is 1. The Hall–Kier alpha value is -3.32. The molecule has 4 rings (SSSR count). The number of allylic oxidation sites excluding steroid dienone is 2. The summed E-state index contributed by atoms with van der Waals surface area (Å²) < 4.78 is 104. The van der Waals surface area contributed by atoms with Crippen molar-refractivity contribution in [3.05, 3.63) is 71.6 Å². The van der Waals surface area contributed by atoms with Gasteiger partial charge in [0.2, 0.25) is 0 Å². The first-order chi connectivity index (χ1) is 15.5. The second-order valence-electron chi connectivity index (χ2n) is 7.18. The molecule has 1 aromatic heterocycles. The van der Waals surface area contributed by atoms with Crippen molar-refractivity contribution in [3.63, 3.8) is 0 Å². The number of rotatable bonds is 4. The third-order valence-corrected chi connectivity index (χ3v) is 6.48. The van der Waals surface area contributed by atoms with Crippen LogP contribution in [0, 0.1) is 11.3 Å². The quantitative estimate of drug-likeness (QED) is 0.359. The maximum absolute atomic E-state index is 14.6. The van der Waals surface area contributed by atoms with Gasteiger partial charge in [-0.05, 0) is 53.6 Å². The van der Waals surface area contributed by atoms with E-state index in [0.717, 1.165) is 17.4 Å². The van der Waals surface area contributed by atoms with Crippen molar-refractivity contribution < 1.29 is 35.5 Å². The fourth-order valence-electron chi connectivity index (χ4n) is 3.46. The van der Waals surface area contributed by atoms with Crippen molar-refractivity contribution in [1.29, 1.82) is 5.26 Å². The predicted molar refractivity (Wildman–Crippen MR) is 109 cm³/mol. The van der Waals surface area contributed by atoms with Crippen LogP contribution in [0.3, 0.4) is 0 Å². The summed E-state index contributed by atoms with van der Waals surface area (Å²) in [6.07, 6.45) is 0. The number of hydrogen-bond acceptors (Lipinski definition) is 3. The van der Waals surface area contributed by atoms with Crippen LogP contribution in [0.4, 0.5) is 30.7 Å². The molecule has 3 aromatic rings. The van der Waals surface area contributed by atoms with Gasteiger partial charge in [0.25, 0.3) is 0 Å². The minimum absolute atomic E-state index is 0.102. The number of methoxy groups -OCH3 is 1. The molecule has 1 aliphatic carbocycles. The Morgan fingerprint density at radius 1 is 0.848 bits per heavy atom. The van der Waals surface area contributed by atoms with Crippen molar-refractivity contribution >= 4 is 16.9 Å². The second-order valence-corrected chi connectivity index (χ2v) is 8.24. The lowest BCUT2D eigenvalue weighted by Gasteiger charge is -2.24. The van der Waals surface area contributed by atoms with E-state index in [-0.39, 0.29) is 15.3 Å². The fourth-order valence-corrected chi connectivity index (χ4v) is 4.63. The van der Waals surface area contributed by atoms with E-state index in [1.807, 2.05) is 6.07 Å². The van der Waals surface area contributed by atoms with Crippen molar-refractivity contribution in [2.45, 2.75) is 17.8 Å². The van der Waals surface area contributed by atoms with Crippen LogP contribution in [-0.4, -0.2) is 24.9 Å². The first-order valence-corrected chi connectivity index (χ1v) is 10.1. The van der Waals surface area contributed by atoms with Gasteiger partial charge in [-0.15, -0.1) is 11.3 Å². The third-order valence-electron chi connectivity index (χ3n) is 5.25. The number of alkyl halides is 6. The van der Waals surface area contributed by atoms with Crippen LogP contribution < -0.4 is 4.74 Å². The van der Waals surface area contributed by atoms with Crippen molar-refractivity contribution in [1.82, 2.24) is 0 Å². The van der Waals surface area contributed by atoms with E-state index in [0.29, 0.717) is 16.9 Å². The number of nitriles is 1. The minimum atomic E-state index is -5.94. The molecule has 1 heterocycles. The van der Waals surface area contributed by atoms with Gasteiger partial charge >= 0.3 is 17.8 Å². The second kappa shape index (κ2) is 7.63. The molecular formula is C23H12F7NOS. The van der Waals surface area contributed by atoms with Crippen LogP contribution in [0.1, 0.15) is 11.1 Å². The lowest BCUT2D eigenvalue weighted by atomic mass is 9.97. The molecule has 0 saturated carbocycles. The van der Waals surface area contributed by atoms with Crippen LogP contribution in [0.5, 0.6) is 5.75 Å². The standard InChI is InChI=1S/C23H12F7NOS/c1-32-15-8-6-14(7-9-15)19-16(10-17(33-19)13-4-2-12(11-31)3-5-13)18-20(24)22(27,28)23(29,30)21(18,25)26/h2-10H,1H3. The van der Waals surface area contributed by atoms with Crippen molar-refractivity contribution in [3.8, 4) is 32.7 Å². The minimum Gasteiger partial charge on any atom is -0.497 e. The highest BCUT2D eigenvalue weighted by Gasteiger charge is 2.81. The van der Waals surface area contributed by atoms with Gasteiger partial charge in [-0.3, -0.25) is 0 Å². The number of benzene rings is 2. The highest BCUT2D eigenvalue weighted by Crippen LogP contribution is 2.63. The third kappa shape index (κ3) is 3.30. The molecule has 0 spiro atoms. The largest absolute Gasteiger partial charge is 0.497 e. The van der Waals surface area contributed by atoms with Crippen molar-refractivity contribution in [2.24, 2.45) is 0 Å². The summed E-state index contributed by atoms with van der Waals surface area (Å²) in [5.74, 6) is -19.5. The van der Waals surface area contributed by atoms with Crippen LogP contribution in [-0.2, 0) is 0 Å². The van der Waals surface area contributed by atoms with Gasteiger partial charge in [0.15, 0.2) is 5.83 Å². The maximum atomic E-state index is 14.6. The zero-order valence-corrected chi connectivity index (χ0v) is 17.4. The Bertz CT molecular complexity index is 1290. The van der Waals surface area contributed by atoms with E-state index in [1.165, 1.54) is 55.6 Å². The average molecular weight is 483 g/mol. The summed E-state index contributed by atoms with van der Waals surface area (Å²) in [4.78, 5) is 0.130. The summed E-state index contributed by atoms with van der Waals surface area (Å²) in [5, 5.41) is 8.94. The number of thiophene rings is 1. The van der Waals surface area contributed by atoms with E-state index in [9.17, 15) is 30.7 Å². The van der Waals surface area contributed by atoms with Gasteiger partial charge in [0, 0.05) is 15.3 Å². The summed E-state index contributed by atoms with van der Waals surface area (Å²) in [6, 6.07) is 14.5. The van der Waals surface area contributed by atoms with E-state index < -0.39 is 34.7 Å². The molecule has 2 nitrogen and oxygen atoms in total. The Balaban J connectivity index is 1.97. The molecule has 0 atom stereocenters. The molecule has 0 radical (unpaired) electrons. The topological polar surface area (TPSA) is 33.0 Å². The molecule has 0 amide bonds. The molecule has 0 unspecified atom stereocenters. The monoisotopic (exact) mass is 483 g/mol. The van der Waals surface area contributed by atoms with Gasteiger partial charge in [-0.25, -0.2) is 4.39 Å². The number of hydrogen-bond donors (Lipinski definition) is 0. The summed E-state index contributed by atoms with van der Waals surface area (Å²) in [5.41, 5.74) is -1.88. The summed E-state index contributed by atoms with van der Waals surface area (Å²) >= 11 is 0.835. The van der Waals surface area contributed by atoms with E-state index in [2.05, 4.69) is 0 Å². The summed E-state index contributed by atoms with van der Waals surface area (Å²) in [6.45, 7) is 0.